The minimum atomic E-state index is -0.487. The molecule has 1 aliphatic heterocycles. The van der Waals surface area contributed by atoms with E-state index in [4.69, 9.17) is 9.31 Å². The molecule has 1 heterocycles. The second kappa shape index (κ2) is 7.34. The summed E-state index contributed by atoms with van der Waals surface area (Å²) in [6.07, 6.45) is 2.97. The SMILES string of the molecule is CC(C)C[C@H](NC(=O)c1ccc([N+](=O)[O-])cc1)B1O[C@@H]2CC3CC(C3(C)C)[C@]2(C)O1. The summed E-state index contributed by atoms with van der Waals surface area (Å²) in [7, 11) is -0.487. The first-order chi connectivity index (χ1) is 14.0. The number of carbonyl (C=O) groups excluding carboxylic acids is 1. The Morgan fingerprint density at radius 2 is 1.93 bits per heavy atom. The molecule has 162 valence electrons. The van der Waals surface area contributed by atoms with E-state index in [2.05, 4.69) is 39.9 Å². The summed E-state index contributed by atoms with van der Waals surface area (Å²) in [6, 6.07) is 5.66. The van der Waals surface area contributed by atoms with Gasteiger partial charge in [0.15, 0.2) is 0 Å². The molecule has 5 atom stereocenters. The van der Waals surface area contributed by atoms with E-state index in [1.54, 1.807) is 0 Å². The van der Waals surface area contributed by atoms with Gasteiger partial charge in [-0.3, -0.25) is 14.9 Å². The Labute approximate surface area is 178 Å². The predicted octanol–water partition coefficient (Wildman–Crippen LogP) is 4.01. The summed E-state index contributed by atoms with van der Waals surface area (Å²) < 4.78 is 12.9. The van der Waals surface area contributed by atoms with Gasteiger partial charge in [-0.1, -0.05) is 27.7 Å². The zero-order chi connectivity index (χ0) is 21.8. The van der Waals surface area contributed by atoms with Gasteiger partial charge in [-0.25, -0.2) is 0 Å². The van der Waals surface area contributed by atoms with Crippen LogP contribution in [0.15, 0.2) is 24.3 Å². The number of hydrogen-bond donors (Lipinski definition) is 1. The van der Waals surface area contributed by atoms with Crippen molar-refractivity contribution < 1.29 is 19.0 Å². The van der Waals surface area contributed by atoms with E-state index < -0.39 is 12.0 Å². The Kier molecular flexibility index (Phi) is 5.22. The van der Waals surface area contributed by atoms with Gasteiger partial charge in [0.05, 0.1) is 22.6 Å². The van der Waals surface area contributed by atoms with E-state index in [1.165, 1.54) is 30.7 Å². The third-order valence-corrected chi connectivity index (χ3v) is 7.68. The Bertz CT molecular complexity index is 842. The highest BCUT2D eigenvalue weighted by Crippen LogP contribution is 2.65. The van der Waals surface area contributed by atoms with Crippen LogP contribution in [0.1, 0.15) is 64.2 Å². The van der Waals surface area contributed by atoms with E-state index in [0.717, 1.165) is 12.8 Å². The van der Waals surface area contributed by atoms with Crippen molar-refractivity contribution in [3.8, 4) is 0 Å². The molecular formula is C22H31BN2O5. The molecule has 1 aromatic rings. The molecule has 3 aliphatic carbocycles. The van der Waals surface area contributed by atoms with Gasteiger partial charge in [0.1, 0.15) is 0 Å². The Balaban J connectivity index is 1.49. The van der Waals surface area contributed by atoms with E-state index in [9.17, 15) is 14.9 Å². The molecule has 7 nitrogen and oxygen atoms in total. The number of hydrogen-bond acceptors (Lipinski definition) is 5. The fourth-order valence-corrected chi connectivity index (χ4v) is 5.80. The Morgan fingerprint density at radius 1 is 1.27 bits per heavy atom. The van der Waals surface area contributed by atoms with Crippen molar-refractivity contribution in [2.24, 2.45) is 23.2 Å². The van der Waals surface area contributed by atoms with Crippen molar-refractivity contribution in [3.63, 3.8) is 0 Å². The van der Waals surface area contributed by atoms with Crippen molar-refractivity contribution in [2.45, 2.75) is 71.5 Å². The van der Waals surface area contributed by atoms with Crippen molar-refractivity contribution in [2.75, 3.05) is 0 Å². The van der Waals surface area contributed by atoms with Gasteiger partial charge in [-0.15, -0.1) is 0 Å². The van der Waals surface area contributed by atoms with Gasteiger partial charge in [0, 0.05) is 17.7 Å². The zero-order valence-electron chi connectivity index (χ0n) is 18.4. The first-order valence-electron chi connectivity index (χ1n) is 10.9. The molecule has 5 rings (SSSR count). The van der Waals surface area contributed by atoms with Crippen LogP contribution >= 0.6 is 0 Å². The van der Waals surface area contributed by atoms with Crippen LogP contribution in [0.4, 0.5) is 5.69 Å². The van der Waals surface area contributed by atoms with Crippen LogP contribution in [0.25, 0.3) is 0 Å². The molecule has 2 unspecified atom stereocenters. The normalized spacial score (nSPS) is 32.3. The average Bonchev–Trinajstić information content (AvgIpc) is 3.04. The molecule has 1 aromatic carbocycles. The summed E-state index contributed by atoms with van der Waals surface area (Å²) in [5.74, 6) is 0.924. The van der Waals surface area contributed by atoms with Gasteiger partial charge in [-0.2, -0.15) is 0 Å². The minimum absolute atomic E-state index is 0.0358. The number of benzene rings is 1. The lowest BCUT2D eigenvalue weighted by atomic mass is 9.43. The third kappa shape index (κ3) is 3.44. The van der Waals surface area contributed by atoms with Gasteiger partial charge >= 0.3 is 7.12 Å². The largest absolute Gasteiger partial charge is 0.481 e. The van der Waals surface area contributed by atoms with E-state index in [0.29, 0.717) is 23.3 Å². The summed E-state index contributed by atoms with van der Waals surface area (Å²) in [5.41, 5.74) is 0.292. The van der Waals surface area contributed by atoms with Crippen molar-refractivity contribution in [1.82, 2.24) is 5.32 Å². The highest BCUT2D eigenvalue weighted by Gasteiger charge is 2.68. The number of non-ortho nitro benzene ring substituents is 1. The maximum atomic E-state index is 12.9. The van der Waals surface area contributed by atoms with Crippen molar-refractivity contribution >= 4 is 18.7 Å². The second-order valence-electron chi connectivity index (χ2n) is 10.4. The zero-order valence-corrected chi connectivity index (χ0v) is 18.4. The maximum absolute atomic E-state index is 12.9. The van der Waals surface area contributed by atoms with Gasteiger partial charge in [-0.05, 0) is 61.5 Å². The number of nitrogens with one attached hydrogen (secondary N) is 1. The lowest BCUT2D eigenvalue weighted by Gasteiger charge is -2.64. The molecule has 0 radical (unpaired) electrons. The number of nitro benzene ring substituents is 1. The van der Waals surface area contributed by atoms with E-state index >= 15 is 0 Å². The molecule has 4 aliphatic rings. The number of carbonyl (C=O) groups is 1. The molecule has 0 spiro atoms. The number of nitrogens with zero attached hydrogens (tertiary/aromatic N) is 1. The minimum Gasteiger partial charge on any atom is -0.404 e. The molecule has 4 fully saturated rings. The molecule has 1 saturated heterocycles. The highest BCUT2D eigenvalue weighted by molar-refractivity contribution is 6.48. The Hall–Kier alpha value is -1.93. The Morgan fingerprint density at radius 3 is 2.50 bits per heavy atom. The molecule has 1 amide bonds. The van der Waals surface area contributed by atoms with Crippen LogP contribution in [0.2, 0.25) is 0 Å². The van der Waals surface area contributed by atoms with Crippen LogP contribution in [-0.4, -0.2) is 35.6 Å². The average molecular weight is 414 g/mol. The van der Waals surface area contributed by atoms with Crippen molar-refractivity contribution in [3.05, 3.63) is 39.9 Å². The van der Waals surface area contributed by atoms with Gasteiger partial charge < -0.3 is 14.6 Å². The summed E-state index contributed by atoms with van der Waals surface area (Å²) in [4.78, 5) is 23.2. The van der Waals surface area contributed by atoms with E-state index in [1.807, 2.05) is 0 Å². The quantitative estimate of drug-likeness (QED) is 0.432. The molecule has 30 heavy (non-hydrogen) atoms. The first kappa shape index (κ1) is 21.3. The predicted molar refractivity (Wildman–Crippen MR) is 114 cm³/mol. The molecule has 1 N–H and O–H groups in total. The van der Waals surface area contributed by atoms with E-state index in [-0.39, 0.29) is 34.7 Å². The second-order valence-corrected chi connectivity index (χ2v) is 10.4. The van der Waals surface area contributed by atoms with Crippen LogP contribution in [0, 0.1) is 33.3 Å². The summed E-state index contributed by atoms with van der Waals surface area (Å²) in [5, 5.41) is 13.9. The smallest absolute Gasteiger partial charge is 0.404 e. The monoisotopic (exact) mass is 414 g/mol. The number of rotatable bonds is 6. The number of amides is 1. The number of nitro groups is 1. The summed E-state index contributed by atoms with van der Waals surface area (Å²) >= 11 is 0. The van der Waals surface area contributed by atoms with Crippen LogP contribution in [0.5, 0.6) is 0 Å². The third-order valence-electron chi connectivity index (χ3n) is 7.68. The van der Waals surface area contributed by atoms with Crippen molar-refractivity contribution in [1.29, 1.82) is 0 Å². The topological polar surface area (TPSA) is 90.7 Å². The highest BCUT2D eigenvalue weighted by atomic mass is 16.7. The molecule has 8 heteroatoms. The first-order valence-corrected chi connectivity index (χ1v) is 10.9. The van der Waals surface area contributed by atoms with Crippen LogP contribution in [-0.2, 0) is 9.31 Å². The fraction of sp³-hybridized carbons (Fsp3) is 0.682. The summed E-state index contributed by atoms with van der Waals surface area (Å²) in [6.45, 7) is 11.0. The maximum Gasteiger partial charge on any atom is 0.481 e. The molecular weight excluding hydrogens is 383 g/mol. The fourth-order valence-electron chi connectivity index (χ4n) is 5.80. The molecule has 0 aromatic heterocycles. The van der Waals surface area contributed by atoms with Gasteiger partial charge in [0.2, 0.25) is 0 Å². The molecule has 3 saturated carbocycles. The lowest BCUT2D eigenvalue weighted by Crippen LogP contribution is -2.65. The van der Waals surface area contributed by atoms with Crippen LogP contribution < -0.4 is 5.32 Å². The van der Waals surface area contributed by atoms with Crippen LogP contribution in [0.3, 0.4) is 0 Å². The standard InChI is InChI=1S/C22H31BN2O5/c1-13(2)10-19(24-20(26)14-6-8-16(9-7-14)25(27)28)23-29-18-12-15-11-17(21(15,3)4)22(18,5)30-23/h6-9,13,15,17-19H,10-12H2,1-5H3,(H,24,26)/t15?,17?,18-,19+,22+/m1/s1. The van der Waals surface area contributed by atoms with Gasteiger partial charge in [0.25, 0.3) is 11.6 Å². The molecule has 2 bridgehead atoms. The lowest BCUT2D eigenvalue weighted by molar-refractivity contribution is -0.384.